The van der Waals surface area contributed by atoms with Crippen LogP contribution in [-0.4, -0.2) is 25.9 Å². The summed E-state index contributed by atoms with van der Waals surface area (Å²) in [5.74, 6) is 2.37. The molecule has 1 unspecified atom stereocenters. The topological polar surface area (TPSA) is 53.7 Å². The fraction of sp³-hybridized carbons (Fsp3) is 0.600. The van der Waals surface area contributed by atoms with Crippen LogP contribution in [0.2, 0.25) is 0 Å². The van der Waals surface area contributed by atoms with Crippen LogP contribution in [0.25, 0.3) is 0 Å². The van der Waals surface area contributed by atoms with E-state index in [2.05, 4.69) is 0 Å². The fourth-order valence-electron chi connectivity index (χ4n) is 1.94. The fourth-order valence-corrected chi connectivity index (χ4v) is 1.94. The normalized spacial score (nSPS) is 12.1. The summed E-state index contributed by atoms with van der Waals surface area (Å²) in [5, 5.41) is 0. The number of hydrogen-bond donors (Lipinski definition) is 1. The molecule has 19 heavy (non-hydrogen) atoms. The Bertz CT molecular complexity index is 364. The van der Waals surface area contributed by atoms with E-state index in [1.807, 2.05) is 39.8 Å². The van der Waals surface area contributed by atoms with Gasteiger partial charge in [0.2, 0.25) is 0 Å². The SMILES string of the molecule is CCOc1cc(OCC)c(CC(C)N)c(OCC)c1. The Balaban J connectivity index is 3.19. The molecule has 0 saturated heterocycles. The molecule has 4 heteroatoms. The Morgan fingerprint density at radius 2 is 1.42 bits per heavy atom. The van der Waals surface area contributed by atoms with Gasteiger partial charge < -0.3 is 19.9 Å². The predicted octanol–water partition coefficient (Wildman–Crippen LogP) is 2.77. The van der Waals surface area contributed by atoms with Crippen LogP contribution in [0.5, 0.6) is 17.2 Å². The van der Waals surface area contributed by atoms with Gasteiger partial charge in [0, 0.05) is 23.7 Å². The van der Waals surface area contributed by atoms with Crippen molar-refractivity contribution >= 4 is 0 Å². The molecule has 1 aromatic rings. The van der Waals surface area contributed by atoms with Gasteiger partial charge in [0.1, 0.15) is 17.2 Å². The third-order valence-electron chi connectivity index (χ3n) is 2.58. The average molecular weight is 267 g/mol. The molecule has 1 aromatic carbocycles. The lowest BCUT2D eigenvalue weighted by atomic mass is 10.0. The zero-order valence-corrected chi connectivity index (χ0v) is 12.4. The quantitative estimate of drug-likeness (QED) is 0.787. The Morgan fingerprint density at radius 3 is 1.79 bits per heavy atom. The van der Waals surface area contributed by atoms with E-state index >= 15 is 0 Å². The minimum Gasteiger partial charge on any atom is -0.494 e. The van der Waals surface area contributed by atoms with Crippen molar-refractivity contribution in [3.05, 3.63) is 17.7 Å². The summed E-state index contributed by atoms with van der Waals surface area (Å²) >= 11 is 0. The first-order valence-corrected chi connectivity index (χ1v) is 6.93. The molecule has 0 aromatic heterocycles. The molecule has 0 aliphatic heterocycles. The summed E-state index contributed by atoms with van der Waals surface area (Å²) in [6, 6.07) is 3.87. The number of nitrogens with two attached hydrogens (primary N) is 1. The van der Waals surface area contributed by atoms with Crippen LogP contribution in [0.15, 0.2) is 12.1 Å². The summed E-state index contributed by atoms with van der Waals surface area (Å²) in [6.07, 6.45) is 0.719. The van der Waals surface area contributed by atoms with Crippen molar-refractivity contribution in [2.75, 3.05) is 19.8 Å². The Morgan fingerprint density at radius 1 is 0.947 bits per heavy atom. The lowest BCUT2D eigenvalue weighted by Gasteiger charge is -2.18. The second-order valence-electron chi connectivity index (χ2n) is 4.38. The van der Waals surface area contributed by atoms with E-state index in [0.717, 1.165) is 29.2 Å². The van der Waals surface area contributed by atoms with Crippen molar-refractivity contribution < 1.29 is 14.2 Å². The van der Waals surface area contributed by atoms with Gasteiger partial charge in [-0.05, 0) is 34.1 Å². The summed E-state index contributed by atoms with van der Waals surface area (Å²) in [6.45, 7) is 9.68. The molecule has 0 fully saturated rings. The molecule has 0 aliphatic carbocycles. The van der Waals surface area contributed by atoms with E-state index in [0.29, 0.717) is 19.8 Å². The minimum atomic E-state index is 0.0522. The third kappa shape index (κ3) is 4.63. The highest BCUT2D eigenvalue weighted by atomic mass is 16.5. The first-order valence-electron chi connectivity index (χ1n) is 6.93. The van der Waals surface area contributed by atoms with Crippen molar-refractivity contribution in [3.63, 3.8) is 0 Å². The van der Waals surface area contributed by atoms with E-state index in [1.54, 1.807) is 0 Å². The maximum Gasteiger partial charge on any atom is 0.129 e. The molecule has 0 amide bonds. The molecule has 4 nitrogen and oxygen atoms in total. The van der Waals surface area contributed by atoms with Gasteiger partial charge >= 0.3 is 0 Å². The Hall–Kier alpha value is -1.42. The van der Waals surface area contributed by atoms with Crippen LogP contribution in [0.1, 0.15) is 33.3 Å². The zero-order valence-electron chi connectivity index (χ0n) is 12.4. The van der Waals surface area contributed by atoms with Gasteiger partial charge in [0.25, 0.3) is 0 Å². The monoisotopic (exact) mass is 267 g/mol. The molecule has 0 aliphatic rings. The number of benzene rings is 1. The molecule has 1 rings (SSSR count). The van der Waals surface area contributed by atoms with Crippen LogP contribution < -0.4 is 19.9 Å². The summed E-state index contributed by atoms with van der Waals surface area (Å²) in [7, 11) is 0. The average Bonchev–Trinajstić information content (AvgIpc) is 2.34. The summed E-state index contributed by atoms with van der Waals surface area (Å²) < 4.78 is 16.9. The molecule has 0 radical (unpaired) electrons. The van der Waals surface area contributed by atoms with E-state index in [4.69, 9.17) is 19.9 Å². The maximum atomic E-state index is 5.91. The first kappa shape index (κ1) is 15.6. The highest BCUT2D eigenvalue weighted by molar-refractivity contribution is 5.51. The van der Waals surface area contributed by atoms with Gasteiger partial charge in [-0.3, -0.25) is 0 Å². The molecule has 0 bridgehead atoms. The lowest BCUT2D eigenvalue weighted by Crippen LogP contribution is -2.19. The van der Waals surface area contributed by atoms with Gasteiger partial charge in [0.15, 0.2) is 0 Å². The lowest BCUT2D eigenvalue weighted by molar-refractivity contribution is 0.301. The molecule has 2 N–H and O–H groups in total. The van der Waals surface area contributed by atoms with Crippen molar-refractivity contribution in [1.29, 1.82) is 0 Å². The Labute approximate surface area is 115 Å². The molecule has 108 valence electrons. The highest BCUT2D eigenvalue weighted by Gasteiger charge is 2.15. The van der Waals surface area contributed by atoms with E-state index in [1.165, 1.54) is 0 Å². The van der Waals surface area contributed by atoms with E-state index in [9.17, 15) is 0 Å². The van der Waals surface area contributed by atoms with E-state index < -0.39 is 0 Å². The molecule has 0 saturated carbocycles. The molecule has 0 heterocycles. The van der Waals surface area contributed by atoms with Crippen molar-refractivity contribution in [2.45, 2.75) is 40.2 Å². The van der Waals surface area contributed by atoms with Gasteiger partial charge in [0.05, 0.1) is 19.8 Å². The maximum absolute atomic E-state index is 5.91. The zero-order chi connectivity index (χ0) is 14.3. The largest absolute Gasteiger partial charge is 0.494 e. The Kier molecular flexibility index (Phi) is 6.50. The molecule has 1 atom stereocenters. The van der Waals surface area contributed by atoms with Gasteiger partial charge in [-0.2, -0.15) is 0 Å². The van der Waals surface area contributed by atoms with Crippen molar-refractivity contribution in [1.82, 2.24) is 0 Å². The van der Waals surface area contributed by atoms with Crippen LogP contribution in [0.3, 0.4) is 0 Å². The standard InChI is InChI=1S/C15H25NO3/c1-5-17-12-9-14(18-6-2)13(8-11(4)16)15(10-12)19-7-3/h9-11H,5-8,16H2,1-4H3. The van der Waals surface area contributed by atoms with Gasteiger partial charge in [-0.25, -0.2) is 0 Å². The van der Waals surface area contributed by atoms with E-state index in [-0.39, 0.29) is 6.04 Å². The second kappa shape index (κ2) is 7.89. The first-order chi connectivity index (χ1) is 9.12. The van der Waals surface area contributed by atoms with Crippen LogP contribution in [-0.2, 0) is 6.42 Å². The highest BCUT2D eigenvalue weighted by Crippen LogP contribution is 2.35. The van der Waals surface area contributed by atoms with Gasteiger partial charge in [-0.1, -0.05) is 0 Å². The number of rotatable bonds is 8. The summed E-state index contributed by atoms with van der Waals surface area (Å²) in [5.41, 5.74) is 6.92. The van der Waals surface area contributed by atoms with Crippen LogP contribution >= 0.6 is 0 Å². The summed E-state index contributed by atoms with van der Waals surface area (Å²) in [4.78, 5) is 0. The van der Waals surface area contributed by atoms with Crippen molar-refractivity contribution in [3.8, 4) is 17.2 Å². The number of hydrogen-bond acceptors (Lipinski definition) is 4. The minimum absolute atomic E-state index is 0.0522. The molecular formula is C15H25NO3. The second-order valence-corrected chi connectivity index (χ2v) is 4.38. The van der Waals surface area contributed by atoms with Crippen LogP contribution in [0.4, 0.5) is 0 Å². The van der Waals surface area contributed by atoms with Crippen LogP contribution in [0, 0.1) is 0 Å². The molecule has 0 spiro atoms. The molecular weight excluding hydrogens is 242 g/mol. The number of ether oxygens (including phenoxy) is 3. The third-order valence-corrected chi connectivity index (χ3v) is 2.58. The van der Waals surface area contributed by atoms with Gasteiger partial charge in [-0.15, -0.1) is 0 Å². The van der Waals surface area contributed by atoms with Crippen molar-refractivity contribution in [2.24, 2.45) is 5.73 Å². The predicted molar refractivity (Wildman–Crippen MR) is 77.3 cm³/mol. The smallest absolute Gasteiger partial charge is 0.129 e.